The van der Waals surface area contributed by atoms with Crippen LogP contribution in [-0.2, 0) is 16.0 Å². The van der Waals surface area contributed by atoms with E-state index < -0.39 is 0 Å². The van der Waals surface area contributed by atoms with Gasteiger partial charge in [0.2, 0.25) is 0 Å². The van der Waals surface area contributed by atoms with Gasteiger partial charge in [-0.3, -0.25) is 14.5 Å². The normalized spacial score (nSPS) is 14.6. The molecule has 0 atom stereocenters. The number of hydrogen-bond donors (Lipinski definition) is 0. The van der Waals surface area contributed by atoms with Crippen LogP contribution in [0.15, 0.2) is 66.7 Å². The summed E-state index contributed by atoms with van der Waals surface area (Å²) in [4.78, 5) is 24.8. The molecule has 0 saturated carbocycles. The Morgan fingerprint density at radius 3 is 2.00 bits per heavy atom. The first-order valence-corrected chi connectivity index (χ1v) is 8.41. The molecule has 25 heavy (non-hydrogen) atoms. The van der Waals surface area contributed by atoms with Gasteiger partial charge < -0.3 is 0 Å². The van der Waals surface area contributed by atoms with E-state index >= 15 is 0 Å². The van der Waals surface area contributed by atoms with E-state index in [1.807, 2.05) is 0 Å². The first-order chi connectivity index (χ1) is 12.2. The maximum atomic E-state index is 11.8. The summed E-state index contributed by atoms with van der Waals surface area (Å²) in [6.07, 6.45) is 3.34. The Bertz CT molecular complexity index is 1160. The fourth-order valence-corrected chi connectivity index (χ4v) is 3.90. The van der Waals surface area contributed by atoms with E-state index in [1.54, 1.807) is 0 Å². The van der Waals surface area contributed by atoms with Crippen LogP contribution in [-0.4, -0.2) is 23.3 Å². The summed E-state index contributed by atoms with van der Waals surface area (Å²) >= 11 is 0. The Labute approximate surface area is 144 Å². The van der Waals surface area contributed by atoms with Crippen molar-refractivity contribution in [3.63, 3.8) is 0 Å². The Balaban J connectivity index is 1.64. The van der Waals surface area contributed by atoms with Crippen molar-refractivity contribution in [3.05, 3.63) is 72.3 Å². The zero-order chi connectivity index (χ0) is 17.0. The Hall–Kier alpha value is -3.20. The maximum Gasteiger partial charge on any atom is 0.253 e. The van der Waals surface area contributed by atoms with Gasteiger partial charge in [0.25, 0.3) is 11.8 Å². The van der Waals surface area contributed by atoms with Crippen LogP contribution in [0, 0.1) is 0 Å². The molecule has 5 rings (SSSR count). The zero-order valence-electron chi connectivity index (χ0n) is 13.5. The van der Waals surface area contributed by atoms with Crippen molar-refractivity contribution in [1.82, 2.24) is 4.90 Å². The van der Waals surface area contributed by atoms with Crippen LogP contribution in [0.2, 0.25) is 0 Å². The third kappa shape index (κ3) is 2.06. The van der Waals surface area contributed by atoms with Gasteiger partial charge in [0.15, 0.2) is 0 Å². The van der Waals surface area contributed by atoms with E-state index in [1.165, 1.54) is 54.9 Å². The van der Waals surface area contributed by atoms with Gasteiger partial charge in [-0.05, 0) is 44.3 Å². The molecule has 1 heterocycles. The monoisotopic (exact) mass is 325 g/mol. The quantitative estimate of drug-likeness (QED) is 0.421. The molecule has 3 heteroatoms. The fourth-order valence-electron chi connectivity index (χ4n) is 3.90. The lowest BCUT2D eigenvalue weighted by molar-refractivity contribution is -0.136. The number of carbonyl (C=O) groups excluding carboxylic acids is 2. The topological polar surface area (TPSA) is 37.4 Å². The van der Waals surface area contributed by atoms with Crippen molar-refractivity contribution >= 4 is 44.1 Å². The molecule has 120 valence electrons. The highest BCUT2D eigenvalue weighted by atomic mass is 16.2. The first-order valence-electron chi connectivity index (χ1n) is 8.41. The summed E-state index contributed by atoms with van der Waals surface area (Å²) in [5, 5.41) is 7.45. The Kier molecular flexibility index (Phi) is 2.92. The minimum absolute atomic E-state index is 0.220. The number of amides is 2. The number of rotatable bonds is 3. The highest BCUT2D eigenvalue weighted by Crippen LogP contribution is 2.36. The number of hydrogen-bond acceptors (Lipinski definition) is 2. The smallest absolute Gasteiger partial charge is 0.253 e. The number of carbonyl (C=O) groups is 2. The molecule has 0 unspecified atom stereocenters. The number of nitrogens with zero attached hydrogens (tertiary/aromatic N) is 1. The zero-order valence-corrected chi connectivity index (χ0v) is 13.5. The van der Waals surface area contributed by atoms with Crippen LogP contribution in [0.3, 0.4) is 0 Å². The first kappa shape index (κ1) is 14.2. The molecule has 3 nitrogen and oxygen atoms in total. The van der Waals surface area contributed by atoms with Gasteiger partial charge in [-0.2, -0.15) is 0 Å². The molecule has 4 aromatic carbocycles. The van der Waals surface area contributed by atoms with Gasteiger partial charge in [0.1, 0.15) is 0 Å². The Morgan fingerprint density at radius 1 is 0.680 bits per heavy atom. The largest absolute Gasteiger partial charge is 0.275 e. The lowest BCUT2D eigenvalue weighted by Gasteiger charge is -2.16. The molecule has 1 aliphatic heterocycles. The summed E-state index contributed by atoms with van der Waals surface area (Å²) < 4.78 is 0. The molecule has 2 amide bonds. The highest BCUT2D eigenvalue weighted by Gasteiger charge is 2.23. The van der Waals surface area contributed by atoms with Crippen molar-refractivity contribution in [3.8, 4) is 0 Å². The van der Waals surface area contributed by atoms with E-state index in [-0.39, 0.29) is 11.8 Å². The molecule has 0 bridgehead atoms. The molecule has 0 aliphatic carbocycles. The van der Waals surface area contributed by atoms with Gasteiger partial charge in [-0.25, -0.2) is 0 Å². The molecular weight excluding hydrogens is 310 g/mol. The summed E-state index contributed by atoms with van der Waals surface area (Å²) in [5.74, 6) is -0.439. The van der Waals surface area contributed by atoms with Gasteiger partial charge in [-0.15, -0.1) is 0 Å². The van der Waals surface area contributed by atoms with E-state index in [0.29, 0.717) is 13.0 Å². The van der Waals surface area contributed by atoms with Gasteiger partial charge in [-0.1, -0.05) is 54.6 Å². The minimum atomic E-state index is -0.220. The van der Waals surface area contributed by atoms with Crippen molar-refractivity contribution in [2.24, 2.45) is 0 Å². The fraction of sp³-hybridized carbons (Fsp3) is 0.0909. The molecule has 0 spiro atoms. The van der Waals surface area contributed by atoms with Crippen LogP contribution in [0.4, 0.5) is 0 Å². The molecular formula is C22H15NO2. The number of imide groups is 1. The lowest BCUT2D eigenvalue weighted by atomic mass is 9.91. The van der Waals surface area contributed by atoms with Crippen LogP contribution in [0.5, 0.6) is 0 Å². The average Bonchev–Trinajstić information content (AvgIpc) is 2.96. The van der Waals surface area contributed by atoms with Gasteiger partial charge in [0.05, 0.1) is 0 Å². The van der Waals surface area contributed by atoms with E-state index in [0.717, 1.165) is 0 Å². The summed E-state index contributed by atoms with van der Waals surface area (Å²) in [7, 11) is 0. The van der Waals surface area contributed by atoms with E-state index in [2.05, 4.69) is 54.6 Å². The molecule has 0 aromatic heterocycles. The minimum Gasteiger partial charge on any atom is -0.275 e. The highest BCUT2D eigenvalue weighted by molar-refractivity contribution is 6.23. The predicted molar refractivity (Wildman–Crippen MR) is 99.7 cm³/mol. The SMILES string of the molecule is O=C1C=CC(=O)N1CCc1ccc2ccc3cccc4ccc1c2c34. The van der Waals surface area contributed by atoms with E-state index in [4.69, 9.17) is 0 Å². The van der Waals surface area contributed by atoms with Crippen molar-refractivity contribution in [2.75, 3.05) is 6.54 Å². The standard InChI is InChI=1S/C22H15NO2/c24-19-10-11-20(25)23(19)13-12-14-4-5-17-7-6-15-2-1-3-16-8-9-18(14)22(17)21(15)16/h1-11H,12-13H2. The van der Waals surface area contributed by atoms with Crippen LogP contribution in [0.25, 0.3) is 32.3 Å². The summed E-state index contributed by atoms with van der Waals surface area (Å²) in [6, 6.07) is 19.2. The van der Waals surface area contributed by atoms with Crippen molar-refractivity contribution < 1.29 is 9.59 Å². The Morgan fingerprint density at radius 2 is 1.28 bits per heavy atom. The van der Waals surface area contributed by atoms with Crippen LogP contribution < -0.4 is 0 Å². The molecule has 0 N–H and O–H groups in total. The average molecular weight is 325 g/mol. The molecule has 0 fully saturated rings. The van der Waals surface area contributed by atoms with Crippen molar-refractivity contribution in [2.45, 2.75) is 6.42 Å². The molecule has 0 saturated heterocycles. The second-order valence-corrected chi connectivity index (χ2v) is 6.49. The van der Waals surface area contributed by atoms with Gasteiger partial charge >= 0.3 is 0 Å². The van der Waals surface area contributed by atoms with Crippen LogP contribution in [0.1, 0.15) is 5.56 Å². The van der Waals surface area contributed by atoms with Crippen LogP contribution >= 0.6 is 0 Å². The second-order valence-electron chi connectivity index (χ2n) is 6.49. The molecule has 1 aliphatic rings. The third-order valence-corrected chi connectivity index (χ3v) is 5.12. The molecule has 4 aromatic rings. The van der Waals surface area contributed by atoms with Gasteiger partial charge in [0, 0.05) is 18.7 Å². The van der Waals surface area contributed by atoms with E-state index in [9.17, 15) is 9.59 Å². The number of benzene rings is 4. The van der Waals surface area contributed by atoms with Crippen molar-refractivity contribution in [1.29, 1.82) is 0 Å². The summed E-state index contributed by atoms with van der Waals surface area (Å²) in [6.45, 7) is 0.411. The maximum absolute atomic E-state index is 11.8. The predicted octanol–water partition coefficient (Wildman–Crippen LogP) is 4.05. The molecule has 0 radical (unpaired) electrons. The third-order valence-electron chi connectivity index (χ3n) is 5.12. The second kappa shape index (κ2) is 5.15. The summed E-state index contributed by atoms with van der Waals surface area (Å²) in [5.41, 5.74) is 1.17. The lowest BCUT2D eigenvalue weighted by Crippen LogP contribution is -2.31.